The molecule has 2 bridgehead atoms. The number of aliphatic hydroxyl groups excluding tert-OH is 1. The second-order valence-electron chi connectivity index (χ2n) is 15.6. The van der Waals surface area contributed by atoms with Crippen LogP contribution in [0, 0.1) is 29.6 Å². The highest BCUT2D eigenvalue weighted by Crippen LogP contribution is 2.48. The SMILES string of the molecule is CC[C@H](C)C1O[C@]2(C=C[C@@H]1C)CC1CC(C/C=C(\C)[C@@H](O)[C@@H](C)/C=C/C=C3\COC4[C@H](OC(=O)C5CCCC5)C(C)=CC(C(=O)O1)[C@]34O)O2. The molecule has 9 nitrogen and oxygen atoms in total. The number of hydrogen-bond donors (Lipinski definition) is 2. The van der Waals surface area contributed by atoms with Crippen molar-refractivity contribution in [3.05, 3.63) is 59.3 Å². The Labute approximate surface area is 291 Å². The maximum Gasteiger partial charge on any atom is 0.316 e. The van der Waals surface area contributed by atoms with Crippen LogP contribution < -0.4 is 0 Å². The normalized spacial score (nSPS) is 44.9. The predicted molar refractivity (Wildman–Crippen MR) is 184 cm³/mol. The van der Waals surface area contributed by atoms with E-state index in [9.17, 15) is 19.8 Å². The van der Waals surface area contributed by atoms with E-state index in [1.54, 1.807) is 18.2 Å². The highest BCUT2D eigenvalue weighted by atomic mass is 16.7. The first-order valence-electron chi connectivity index (χ1n) is 18.6. The first-order chi connectivity index (χ1) is 23.3. The Balaban J connectivity index is 1.37. The fourth-order valence-corrected chi connectivity index (χ4v) is 8.67. The monoisotopic (exact) mass is 680 g/mol. The lowest BCUT2D eigenvalue weighted by atomic mass is 9.70. The van der Waals surface area contributed by atoms with Crippen LogP contribution in [-0.4, -0.2) is 76.8 Å². The van der Waals surface area contributed by atoms with Crippen LogP contribution in [-0.2, 0) is 33.3 Å². The molecular weight excluding hydrogens is 624 g/mol. The molecule has 5 unspecified atom stereocenters. The first-order valence-corrected chi connectivity index (χ1v) is 18.6. The van der Waals surface area contributed by atoms with Crippen LogP contribution in [0.3, 0.4) is 0 Å². The smallest absolute Gasteiger partial charge is 0.316 e. The molecule has 0 aromatic heterocycles. The minimum atomic E-state index is -1.81. The molecule has 1 spiro atoms. The van der Waals surface area contributed by atoms with Gasteiger partial charge in [0, 0.05) is 24.7 Å². The van der Waals surface area contributed by atoms with Gasteiger partial charge in [0.2, 0.25) is 0 Å². The third-order valence-electron chi connectivity index (χ3n) is 12.0. The van der Waals surface area contributed by atoms with Crippen molar-refractivity contribution in [3.63, 3.8) is 0 Å². The van der Waals surface area contributed by atoms with E-state index in [2.05, 4.69) is 26.8 Å². The molecular formula is C40H56O9. The summed E-state index contributed by atoms with van der Waals surface area (Å²) >= 11 is 0. The van der Waals surface area contributed by atoms with Crippen molar-refractivity contribution in [1.29, 1.82) is 0 Å². The van der Waals surface area contributed by atoms with Crippen molar-refractivity contribution < 1.29 is 43.5 Å². The molecule has 6 aliphatic rings. The summed E-state index contributed by atoms with van der Waals surface area (Å²) < 4.78 is 32.1. The highest BCUT2D eigenvalue weighted by Gasteiger charge is 2.61. The lowest BCUT2D eigenvalue weighted by Crippen LogP contribution is -2.59. The Hall–Kier alpha value is -2.56. The zero-order valence-corrected chi connectivity index (χ0v) is 30.0. The van der Waals surface area contributed by atoms with E-state index in [1.165, 1.54) is 0 Å². The molecule has 1 saturated carbocycles. The van der Waals surface area contributed by atoms with Gasteiger partial charge in [0.25, 0.3) is 0 Å². The topological polar surface area (TPSA) is 121 Å². The third-order valence-corrected chi connectivity index (χ3v) is 12.0. The van der Waals surface area contributed by atoms with Crippen LogP contribution in [0.2, 0.25) is 0 Å². The van der Waals surface area contributed by atoms with Crippen LogP contribution in [0.5, 0.6) is 0 Å². The van der Waals surface area contributed by atoms with Crippen molar-refractivity contribution in [2.75, 3.05) is 6.61 Å². The predicted octanol–water partition coefficient (Wildman–Crippen LogP) is 6.05. The van der Waals surface area contributed by atoms with Crippen LogP contribution in [0.15, 0.2) is 59.3 Å². The second-order valence-corrected chi connectivity index (χ2v) is 15.6. The molecule has 2 saturated heterocycles. The lowest BCUT2D eigenvalue weighted by molar-refractivity contribution is -0.300. The third kappa shape index (κ3) is 7.16. The number of hydrogen-bond acceptors (Lipinski definition) is 9. The van der Waals surface area contributed by atoms with Gasteiger partial charge >= 0.3 is 11.9 Å². The van der Waals surface area contributed by atoms with Crippen molar-refractivity contribution in [1.82, 2.24) is 0 Å². The standard InChI is InChI=1S/C40H56O9/c1-7-23(2)34-26(5)17-18-39(49-34)21-31-20-30(48-39)16-15-25(4)33(41)24(3)11-10-14-29-22-45-36-35(47-37(42)28-12-8-9-13-28)27(6)19-32(38(43)46-31)40(29,36)44/h10-11,14-15,17-19,23-24,26,28,30-36,41,44H,7-9,12-13,16,20-22H2,1-6H3/b11-10+,25-15+,29-14+/t23-,24-,26-,30?,31?,32?,33-,34?,35+,36?,39+,40+/m0/s1. The first kappa shape index (κ1) is 36.2. The molecule has 9 heteroatoms. The van der Waals surface area contributed by atoms with Gasteiger partial charge in [-0.15, -0.1) is 0 Å². The van der Waals surface area contributed by atoms with Gasteiger partial charge in [-0.1, -0.05) is 83.4 Å². The molecule has 0 aromatic rings. The number of ether oxygens (including phenoxy) is 5. The summed E-state index contributed by atoms with van der Waals surface area (Å²) in [7, 11) is 0. The summed E-state index contributed by atoms with van der Waals surface area (Å²) in [5.41, 5.74) is 0.156. The average Bonchev–Trinajstić information content (AvgIpc) is 3.74. The molecule has 4 heterocycles. The minimum Gasteiger partial charge on any atom is -0.462 e. The van der Waals surface area contributed by atoms with Gasteiger partial charge in [-0.2, -0.15) is 0 Å². The Morgan fingerprint density at radius 3 is 2.57 bits per heavy atom. The zero-order valence-electron chi connectivity index (χ0n) is 30.0. The molecule has 49 heavy (non-hydrogen) atoms. The Bertz CT molecular complexity index is 1400. The number of allylic oxidation sites excluding steroid dienone is 2. The van der Waals surface area contributed by atoms with Gasteiger partial charge < -0.3 is 33.9 Å². The maximum absolute atomic E-state index is 14.4. The number of rotatable bonds is 4. The van der Waals surface area contributed by atoms with E-state index >= 15 is 0 Å². The molecule has 0 radical (unpaired) electrons. The minimum absolute atomic E-state index is 0.0556. The molecule has 6 rings (SSSR count). The number of carbonyl (C=O) groups excluding carboxylic acids is 2. The van der Waals surface area contributed by atoms with Crippen molar-refractivity contribution in [2.24, 2.45) is 29.6 Å². The number of carbonyl (C=O) groups is 2. The molecule has 2 aliphatic carbocycles. The largest absolute Gasteiger partial charge is 0.462 e. The van der Waals surface area contributed by atoms with Crippen molar-refractivity contribution in [2.45, 2.75) is 141 Å². The summed E-state index contributed by atoms with van der Waals surface area (Å²) in [6.07, 6.45) is 15.5. The van der Waals surface area contributed by atoms with E-state index in [-0.39, 0.29) is 42.5 Å². The molecule has 4 aliphatic heterocycles. The summed E-state index contributed by atoms with van der Waals surface area (Å²) in [6.45, 7) is 12.2. The van der Waals surface area contributed by atoms with E-state index in [0.29, 0.717) is 36.3 Å². The summed E-state index contributed by atoms with van der Waals surface area (Å²) in [6, 6.07) is 0. The van der Waals surface area contributed by atoms with Gasteiger partial charge in [-0.25, -0.2) is 0 Å². The number of esters is 2. The molecule has 2 N–H and O–H groups in total. The van der Waals surface area contributed by atoms with Crippen LogP contribution in [0.4, 0.5) is 0 Å². The number of aliphatic hydroxyl groups is 2. The van der Waals surface area contributed by atoms with Crippen LogP contribution in [0.1, 0.15) is 92.9 Å². The van der Waals surface area contributed by atoms with Gasteiger partial charge in [0.15, 0.2) is 11.9 Å². The Morgan fingerprint density at radius 1 is 1.08 bits per heavy atom. The van der Waals surface area contributed by atoms with Crippen molar-refractivity contribution in [3.8, 4) is 0 Å². The van der Waals surface area contributed by atoms with Gasteiger partial charge in [0.05, 0.1) is 30.8 Å². The van der Waals surface area contributed by atoms with E-state index in [1.807, 2.05) is 39.0 Å². The quantitative estimate of drug-likeness (QED) is 0.270. The average molecular weight is 681 g/mol. The Morgan fingerprint density at radius 2 is 1.84 bits per heavy atom. The summed E-state index contributed by atoms with van der Waals surface area (Å²) in [5.74, 6) is -2.91. The van der Waals surface area contributed by atoms with Gasteiger partial charge in [0.1, 0.15) is 23.7 Å². The van der Waals surface area contributed by atoms with E-state index < -0.39 is 47.7 Å². The fraction of sp³-hybridized carbons (Fsp3) is 0.700. The van der Waals surface area contributed by atoms with Gasteiger partial charge in [-0.3, -0.25) is 9.59 Å². The van der Waals surface area contributed by atoms with Crippen LogP contribution in [0.25, 0.3) is 0 Å². The molecule has 12 atom stereocenters. The molecule has 270 valence electrons. The molecule has 0 aromatic carbocycles. The van der Waals surface area contributed by atoms with E-state index in [0.717, 1.165) is 37.7 Å². The number of fused-ring (bicyclic) bond motifs is 2. The fourth-order valence-electron chi connectivity index (χ4n) is 8.67. The lowest BCUT2D eigenvalue weighted by Gasteiger charge is -2.48. The summed E-state index contributed by atoms with van der Waals surface area (Å²) in [4.78, 5) is 27.6. The van der Waals surface area contributed by atoms with Gasteiger partial charge in [-0.05, 0) is 61.8 Å². The second kappa shape index (κ2) is 14.6. The Kier molecular flexibility index (Phi) is 10.8. The van der Waals surface area contributed by atoms with Crippen LogP contribution >= 0.6 is 0 Å². The molecule has 0 amide bonds. The summed E-state index contributed by atoms with van der Waals surface area (Å²) in [5, 5.41) is 23.8. The molecule has 3 fully saturated rings. The van der Waals surface area contributed by atoms with Crippen molar-refractivity contribution >= 4 is 11.9 Å². The highest BCUT2D eigenvalue weighted by molar-refractivity contribution is 5.79. The zero-order chi connectivity index (χ0) is 35.1. The van der Waals surface area contributed by atoms with E-state index in [4.69, 9.17) is 23.7 Å². The maximum atomic E-state index is 14.4.